The molecule has 1 saturated heterocycles. The summed E-state index contributed by atoms with van der Waals surface area (Å²) < 4.78 is 1.18. The van der Waals surface area contributed by atoms with Crippen LogP contribution in [-0.2, 0) is 6.54 Å². The van der Waals surface area contributed by atoms with Crippen molar-refractivity contribution in [2.45, 2.75) is 19.4 Å². The Labute approximate surface area is 140 Å². The maximum atomic E-state index is 4.41. The molecular formula is C15H25BrN4S. The molecule has 1 N–H and O–H groups in total. The van der Waals surface area contributed by atoms with Gasteiger partial charge in [-0.25, -0.2) is 0 Å². The lowest BCUT2D eigenvalue weighted by Gasteiger charge is -2.31. The predicted molar refractivity (Wildman–Crippen MR) is 95.1 cm³/mol. The van der Waals surface area contributed by atoms with Crippen LogP contribution in [-0.4, -0.2) is 56.5 Å². The smallest absolute Gasteiger partial charge is 0.193 e. The third kappa shape index (κ3) is 5.27. The zero-order valence-electron chi connectivity index (χ0n) is 13.1. The second-order valence-corrected chi connectivity index (χ2v) is 8.31. The van der Waals surface area contributed by atoms with Crippen LogP contribution in [0.3, 0.4) is 0 Å². The van der Waals surface area contributed by atoms with Crippen molar-refractivity contribution in [1.82, 2.24) is 15.1 Å². The Balaban J connectivity index is 1.81. The first-order chi connectivity index (χ1) is 10.1. The maximum Gasteiger partial charge on any atom is 0.193 e. The quantitative estimate of drug-likeness (QED) is 0.651. The van der Waals surface area contributed by atoms with E-state index in [1.54, 1.807) is 11.3 Å². The SMILES string of the molecule is CN=C(NCC1CCCN(C)C1)N(C)Cc1ccc(Br)s1. The number of rotatable bonds is 4. The summed E-state index contributed by atoms with van der Waals surface area (Å²) in [7, 11) is 6.16. The molecule has 0 saturated carbocycles. The molecule has 1 aromatic rings. The average Bonchev–Trinajstić information content (AvgIpc) is 2.85. The molecule has 0 radical (unpaired) electrons. The highest BCUT2D eigenvalue weighted by Gasteiger charge is 2.18. The van der Waals surface area contributed by atoms with E-state index in [0.29, 0.717) is 0 Å². The Kier molecular flexibility index (Phi) is 6.51. The van der Waals surface area contributed by atoms with Crippen LogP contribution in [0.4, 0.5) is 0 Å². The largest absolute Gasteiger partial charge is 0.356 e. The van der Waals surface area contributed by atoms with Crippen LogP contribution < -0.4 is 5.32 Å². The van der Waals surface area contributed by atoms with Crippen molar-refractivity contribution in [3.05, 3.63) is 20.8 Å². The number of likely N-dealkylation sites (tertiary alicyclic amines) is 1. The highest BCUT2D eigenvalue weighted by atomic mass is 79.9. The van der Waals surface area contributed by atoms with Crippen LogP contribution in [0.1, 0.15) is 17.7 Å². The zero-order valence-corrected chi connectivity index (χ0v) is 15.5. The van der Waals surface area contributed by atoms with E-state index >= 15 is 0 Å². The van der Waals surface area contributed by atoms with Gasteiger partial charge in [-0.05, 0) is 60.4 Å². The number of hydrogen-bond acceptors (Lipinski definition) is 3. The monoisotopic (exact) mass is 372 g/mol. The van der Waals surface area contributed by atoms with Crippen LogP contribution in [0, 0.1) is 5.92 Å². The Morgan fingerprint density at radius 2 is 2.38 bits per heavy atom. The molecule has 0 aromatic carbocycles. The summed E-state index contributed by atoms with van der Waals surface area (Å²) in [5.41, 5.74) is 0. The lowest BCUT2D eigenvalue weighted by atomic mass is 9.99. The van der Waals surface area contributed by atoms with Gasteiger partial charge in [-0.15, -0.1) is 11.3 Å². The van der Waals surface area contributed by atoms with Crippen molar-refractivity contribution in [1.29, 1.82) is 0 Å². The molecule has 1 atom stereocenters. The van der Waals surface area contributed by atoms with Crippen molar-refractivity contribution in [3.63, 3.8) is 0 Å². The van der Waals surface area contributed by atoms with Crippen molar-refractivity contribution in [2.75, 3.05) is 40.8 Å². The third-order valence-corrected chi connectivity index (χ3v) is 5.47. The normalized spacial score (nSPS) is 20.6. The molecule has 6 heteroatoms. The number of halogens is 1. The van der Waals surface area contributed by atoms with E-state index in [9.17, 15) is 0 Å². The Morgan fingerprint density at radius 1 is 1.57 bits per heavy atom. The van der Waals surface area contributed by atoms with Gasteiger partial charge in [-0.1, -0.05) is 0 Å². The molecule has 118 valence electrons. The molecule has 1 aliphatic rings. The van der Waals surface area contributed by atoms with E-state index in [1.165, 1.54) is 34.6 Å². The van der Waals surface area contributed by atoms with Gasteiger partial charge < -0.3 is 15.1 Å². The minimum atomic E-state index is 0.727. The standard InChI is InChI=1S/C15H25BrN4S/c1-17-15(18-9-12-5-4-8-19(2)10-12)20(3)11-13-6-7-14(16)21-13/h6-7,12H,4-5,8-11H2,1-3H3,(H,17,18). The second-order valence-electron chi connectivity index (χ2n) is 5.76. The molecule has 1 unspecified atom stereocenters. The fourth-order valence-electron chi connectivity index (χ4n) is 2.81. The lowest BCUT2D eigenvalue weighted by molar-refractivity contribution is 0.209. The molecule has 1 fully saturated rings. The second kappa shape index (κ2) is 8.15. The van der Waals surface area contributed by atoms with Gasteiger partial charge in [0, 0.05) is 32.1 Å². The van der Waals surface area contributed by atoms with Crippen molar-refractivity contribution < 1.29 is 0 Å². The van der Waals surface area contributed by atoms with Crippen molar-refractivity contribution in [2.24, 2.45) is 10.9 Å². The summed E-state index contributed by atoms with van der Waals surface area (Å²) in [5.74, 6) is 1.71. The Morgan fingerprint density at radius 3 is 3.00 bits per heavy atom. The van der Waals surface area contributed by atoms with Crippen LogP contribution >= 0.6 is 27.3 Å². The van der Waals surface area contributed by atoms with E-state index in [1.807, 2.05) is 7.05 Å². The summed E-state index contributed by atoms with van der Waals surface area (Å²) >= 11 is 5.29. The highest BCUT2D eigenvalue weighted by molar-refractivity contribution is 9.11. The summed E-state index contributed by atoms with van der Waals surface area (Å²) in [6.07, 6.45) is 2.62. The number of thiophene rings is 1. The minimum absolute atomic E-state index is 0.727. The third-order valence-electron chi connectivity index (χ3n) is 3.87. The molecule has 4 nitrogen and oxygen atoms in total. The molecule has 2 rings (SSSR count). The van der Waals surface area contributed by atoms with Crippen LogP contribution in [0.2, 0.25) is 0 Å². The molecule has 0 spiro atoms. The number of hydrogen-bond donors (Lipinski definition) is 1. The fourth-order valence-corrected chi connectivity index (χ4v) is 4.34. The zero-order chi connectivity index (χ0) is 15.2. The van der Waals surface area contributed by atoms with E-state index in [0.717, 1.165) is 25.0 Å². The van der Waals surface area contributed by atoms with Gasteiger partial charge >= 0.3 is 0 Å². The minimum Gasteiger partial charge on any atom is -0.356 e. The van der Waals surface area contributed by atoms with Crippen molar-refractivity contribution in [3.8, 4) is 0 Å². The molecule has 1 aromatic heterocycles. The summed E-state index contributed by atoms with van der Waals surface area (Å²) in [4.78, 5) is 10.4. The molecule has 21 heavy (non-hydrogen) atoms. The first-order valence-corrected chi connectivity index (χ1v) is 9.04. The average molecular weight is 373 g/mol. The molecule has 2 heterocycles. The predicted octanol–water partition coefficient (Wildman–Crippen LogP) is 2.86. The first kappa shape index (κ1) is 16.8. The first-order valence-electron chi connectivity index (χ1n) is 7.43. The number of piperidine rings is 1. The highest BCUT2D eigenvalue weighted by Crippen LogP contribution is 2.23. The van der Waals surface area contributed by atoms with Gasteiger partial charge in [0.05, 0.1) is 10.3 Å². The van der Waals surface area contributed by atoms with Crippen LogP contribution in [0.25, 0.3) is 0 Å². The van der Waals surface area contributed by atoms with Gasteiger partial charge in [0.2, 0.25) is 0 Å². The fraction of sp³-hybridized carbons (Fsp3) is 0.667. The number of guanidine groups is 1. The van der Waals surface area contributed by atoms with Crippen molar-refractivity contribution >= 4 is 33.2 Å². The van der Waals surface area contributed by atoms with E-state index in [-0.39, 0.29) is 0 Å². The summed E-state index contributed by atoms with van der Waals surface area (Å²) in [5, 5.41) is 3.53. The Bertz CT molecular complexity index is 474. The van der Waals surface area contributed by atoms with Crippen LogP contribution in [0.15, 0.2) is 20.9 Å². The Hall–Kier alpha value is -0.590. The summed E-state index contributed by atoms with van der Waals surface area (Å²) in [6, 6.07) is 4.26. The summed E-state index contributed by atoms with van der Waals surface area (Å²) in [6.45, 7) is 4.32. The van der Waals surface area contributed by atoms with Gasteiger partial charge in [0.1, 0.15) is 0 Å². The van der Waals surface area contributed by atoms with Gasteiger partial charge in [-0.2, -0.15) is 0 Å². The van der Waals surface area contributed by atoms with E-state index in [2.05, 4.69) is 62.3 Å². The van der Waals surface area contributed by atoms with Crippen LogP contribution in [0.5, 0.6) is 0 Å². The van der Waals surface area contributed by atoms with E-state index < -0.39 is 0 Å². The maximum absolute atomic E-state index is 4.41. The number of nitrogens with one attached hydrogen (secondary N) is 1. The number of nitrogens with zero attached hydrogens (tertiary/aromatic N) is 3. The molecule has 1 aliphatic heterocycles. The number of aliphatic imine (C=N–C) groups is 1. The molecule has 0 bridgehead atoms. The molecular weight excluding hydrogens is 348 g/mol. The lowest BCUT2D eigenvalue weighted by Crippen LogP contribution is -2.43. The van der Waals surface area contributed by atoms with Gasteiger partial charge in [-0.3, -0.25) is 4.99 Å². The molecule has 0 amide bonds. The molecule has 0 aliphatic carbocycles. The van der Waals surface area contributed by atoms with E-state index in [4.69, 9.17) is 0 Å². The van der Waals surface area contributed by atoms with Gasteiger partial charge in [0.15, 0.2) is 5.96 Å². The van der Waals surface area contributed by atoms with Gasteiger partial charge in [0.25, 0.3) is 0 Å². The topological polar surface area (TPSA) is 30.9 Å².